The van der Waals surface area contributed by atoms with Crippen LogP contribution in [0.1, 0.15) is 24.5 Å². The lowest BCUT2D eigenvalue weighted by Crippen LogP contribution is -2.32. The van der Waals surface area contributed by atoms with Crippen LogP contribution in [0.25, 0.3) is 0 Å². The van der Waals surface area contributed by atoms with Crippen LogP contribution in [-0.4, -0.2) is 42.7 Å². The number of rotatable bonds is 8. The van der Waals surface area contributed by atoms with E-state index in [1.165, 1.54) is 19.1 Å². The molecule has 0 saturated heterocycles. The second kappa shape index (κ2) is 8.98. The Bertz CT molecular complexity index is 731. The van der Waals surface area contributed by atoms with Crippen LogP contribution in [0.3, 0.4) is 0 Å². The first-order chi connectivity index (χ1) is 10.1. The highest BCUT2D eigenvalue weighted by molar-refractivity contribution is 7.91. The third-order valence-electron chi connectivity index (χ3n) is 3.17. The Morgan fingerprint density at radius 3 is 2.04 bits per heavy atom. The maximum atomic E-state index is 12.4. The smallest absolute Gasteiger partial charge is 0.240 e. The standard InChI is InChI=1S/C14H24N2O4S2.ClH/c1-5-6-15-7-8-16-22(19,20)14-10-11(2)9-13(12(14)3)21(4,17)18;/h9-10,15-16H,5-8H2,1-4H3;1H. The predicted molar refractivity (Wildman–Crippen MR) is 94.6 cm³/mol. The van der Waals surface area contributed by atoms with Crippen molar-refractivity contribution in [1.29, 1.82) is 0 Å². The molecule has 0 aliphatic heterocycles. The van der Waals surface area contributed by atoms with Crippen molar-refractivity contribution in [3.63, 3.8) is 0 Å². The Labute approximate surface area is 145 Å². The number of hydrogen-bond acceptors (Lipinski definition) is 5. The van der Waals surface area contributed by atoms with Crippen molar-refractivity contribution in [3.8, 4) is 0 Å². The number of sulfonamides is 1. The van der Waals surface area contributed by atoms with Crippen molar-refractivity contribution in [2.75, 3.05) is 25.9 Å². The molecule has 134 valence electrons. The van der Waals surface area contributed by atoms with Crippen molar-refractivity contribution in [1.82, 2.24) is 10.0 Å². The van der Waals surface area contributed by atoms with Gasteiger partial charge in [0.05, 0.1) is 9.79 Å². The zero-order valence-corrected chi connectivity index (χ0v) is 16.3. The van der Waals surface area contributed by atoms with E-state index in [-0.39, 0.29) is 34.3 Å². The molecule has 1 aromatic rings. The Morgan fingerprint density at radius 2 is 1.52 bits per heavy atom. The molecule has 0 aromatic heterocycles. The molecule has 0 heterocycles. The predicted octanol–water partition coefficient (Wildman–Crippen LogP) is 1.41. The largest absolute Gasteiger partial charge is 0.315 e. The molecule has 1 rings (SSSR count). The van der Waals surface area contributed by atoms with Crippen molar-refractivity contribution >= 4 is 32.3 Å². The van der Waals surface area contributed by atoms with Gasteiger partial charge >= 0.3 is 0 Å². The van der Waals surface area contributed by atoms with Crippen molar-refractivity contribution in [2.45, 2.75) is 37.0 Å². The zero-order valence-electron chi connectivity index (χ0n) is 13.8. The molecule has 0 spiro atoms. The van der Waals surface area contributed by atoms with Crippen LogP contribution in [0.15, 0.2) is 21.9 Å². The van der Waals surface area contributed by atoms with Crippen molar-refractivity contribution in [2.24, 2.45) is 0 Å². The molecule has 0 amide bonds. The first kappa shape index (κ1) is 22.3. The monoisotopic (exact) mass is 384 g/mol. The van der Waals surface area contributed by atoms with E-state index in [1.54, 1.807) is 6.92 Å². The molecular formula is C14H25ClN2O4S2. The molecule has 1 aromatic carbocycles. The van der Waals surface area contributed by atoms with Crippen LogP contribution in [0.2, 0.25) is 0 Å². The first-order valence-corrected chi connectivity index (χ1v) is 10.5. The average Bonchev–Trinajstić information content (AvgIpc) is 2.39. The van der Waals surface area contributed by atoms with Gasteiger partial charge in [-0.1, -0.05) is 6.92 Å². The van der Waals surface area contributed by atoms with E-state index < -0.39 is 19.9 Å². The summed E-state index contributed by atoms with van der Waals surface area (Å²) < 4.78 is 50.8. The maximum Gasteiger partial charge on any atom is 0.240 e. The molecule has 6 nitrogen and oxygen atoms in total. The Kier molecular flexibility index (Phi) is 8.72. The van der Waals surface area contributed by atoms with Gasteiger partial charge in [0.2, 0.25) is 10.0 Å². The van der Waals surface area contributed by atoms with Crippen LogP contribution in [-0.2, 0) is 19.9 Å². The fourth-order valence-electron chi connectivity index (χ4n) is 2.11. The summed E-state index contributed by atoms with van der Waals surface area (Å²) in [5.74, 6) is 0. The van der Waals surface area contributed by atoms with Gasteiger partial charge in [-0.2, -0.15) is 0 Å². The minimum atomic E-state index is -3.74. The SMILES string of the molecule is CCCNCCNS(=O)(=O)c1cc(C)cc(S(C)(=O)=O)c1C.Cl. The van der Waals surface area contributed by atoms with E-state index in [9.17, 15) is 16.8 Å². The van der Waals surface area contributed by atoms with Crippen LogP contribution < -0.4 is 10.0 Å². The molecule has 0 unspecified atom stereocenters. The van der Waals surface area contributed by atoms with Crippen molar-refractivity contribution < 1.29 is 16.8 Å². The number of nitrogens with one attached hydrogen (secondary N) is 2. The van der Waals surface area contributed by atoms with Gasteiger partial charge in [0, 0.05) is 19.3 Å². The van der Waals surface area contributed by atoms with Gasteiger partial charge in [-0.3, -0.25) is 0 Å². The first-order valence-electron chi connectivity index (χ1n) is 7.11. The maximum absolute atomic E-state index is 12.4. The van der Waals surface area contributed by atoms with E-state index in [4.69, 9.17) is 0 Å². The van der Waals surface area contributed by atoms with Gasteiger partial charge in [-0.15, -0.1) is 12.4 Å². The molecule has 2 N–H and O–H groups in total. The number of sulfone groups is 1. The minimum absolute atomic E-state index is 0. The van der Waals surface area contributed by atoms with Crippen molar-refractivity contribution in [3.05, 3.63) is 23.3 Å². The summed E-state index contributed by atoms with van der Waals surface area (Å²) in [6.45, 7) is 6.82. The summed E-state index contributed by atoms with van der Waals surface area (Å²) in [6.07, 6.45) is 2.05. The number of hydrogen-bond donors (Lipinski definition) is 2. The quantitative estimate of drug-likeness (QED) is 0.661. The average molecular weight is 385 g/mol. The van der Waals surface area contributed by atoms with Gasteiger partial charge < -0.3 is 5.32 Å². The van der Waals surface area contributed by atoms with Gasteiger partial charge in [0.25, 0.3) is 0 Å². The second-order valence-corrected chi connectivity index (χ2v) is 9.03. The summed E-state index contributed by atoms with van der Waals surface area (Å²) in [6, 6.07) is 2.98. The van der Waals surface area contributed by atoms with E-state index in [0.717, 1.165) is 19.2 Å². The minimum Gasteiger partial charge on any atom is -0.315 e. The molecule has 23 heavy (non-hydrogen) atoms. The number of halogens is 1. The molecule has 0 aliphatic carbocycles. The van der Waals surface area contributed by atoms with E-state index >= 15 is 0 Å². The highest BCUT2D eigenvalue weighted by atomic mass is 35.5. The highest BCUT2D eigenvalue weighted by Gasteiger charge is 2.22. The van der Waals surface area contributed by atoms with Crippen LogP contribution in [0.5, 0.6) is 0 Å². The molecule has 0 aliphatic rings. The third kappa shape index (κ3) is 6.39. The lowest BCUT2D eigenvalue weighted by atomic mass is 10.2. The van der Waals surface area contributed by atoms with Crippen LogP contribution in [0, 0.1) is 13.8 Å². The lowest BCUT2D eigenvalue weighted by Gasteiger charge is -2.13. The fourth-order valence-corrected chi connectivity index (χ4v) is 4.62. The van der Waals surface area contributed by atoms with E-state index in [0.29, 0.717) is 12.1 Å². The molecule has 0 bridgehead atoms. The van der Waals surface area contributed by atoms with Crippen LogP contribution >= 0.6 is 12.4 Å². The molecule has 0 saturated carbocycles. The molecule has 0 radical (unpaired) electrons. The van der Waals surface area contributed by atoms with Gasteiger partial charge in [-0.05, 0) is 50.1 Å². The summed E-state index contributed by atoms with van der Waals surface area (Å²) in [7, 11) is -7.21. The summed E-state index contributed by atoms with van der Waals surface area (Å²) in [4.78, 5) is 0.0698. The van der Waals surface area contributed by atoms with Gasteiger partial charge in [0.1, 0.15) is 0 Å². The Hall–Kier alpha value is -0.670. The number of benzene rings is 1. The molecule has 0 fully saturated rings. The van der Waals surface area contributed by atoms with Gasteiger partial charge in [-0.25, -0.2) is 21.6 Å². The summed E-state index contributed by atoms with van der Waals surface area (Å²) in [5, 5.41) is 3.10. The van der Waals surface area contributed by atoms with Crippen LogP contribution in [0.4, 0.5) is 0 Å². The Balaban J connectivity index is 0.00000484. The topological polar surface area (TPSA) is 92.3 Å². The van der Waals surface area contributed by atoms with E-state index in [1.807, 2.05) is 6.92 Å². The molecule has 9 heteroatoms. The highest BCUT2D eigenvalue weighted by Crippen LogP contribution is 2.24. The van der Waals surface area contributed by atoms with Gasteiger partial charge in [0.15, 0.2) is 9.84 Å². The normalized spacial score (nSPS) is 12.0. The second-order valence-electron chi connectivity index (χ2n) is 5.31. The van der Waals surface area contributed by atoms with E-state index in [2.05, 4.69) is 10.0 Å². The summed E-state index contributed by atoms with van der Waals surface area (Å²) in [5.41, 5.74) is 0.845. The zero-order chi connectivity index (χ0) is 17.0. The summed E-state index contributed by atoms with van der Waals surface area (Å²) >= 11 is 0. The lowest BCUT2D eigenvalue weighted by molar-refractivity contribution is 0.574. The number of aryl methyl sites for hydroxylation is 1. The molecule has 0 atom stereocenters. The fraction of sp³-hybridized carbons (Fsp3) is 0.571. The molecular weight excluding hydrogens is 360 g/mol. The third-order valence-corrected chi connectivity index (χ3v) is 5.98. The Morgan fingerprint density at radius 1 is 0.957 bits per heavy atom.